The van der Waals surface area contributed by atoms with Crippen LogP contribution in [0.1, 0.15) is 30.6 Å². The second-order valence-corrected chi connectivity index (χ2v) is 4.12. The molecule has 94 valence electrons. The molecule has 1 rings (SSSR count). The number of benzene rings is 1. The molecule has 17 heavy (non-hydrogen) atoms. The molecule has 0 spiro atoms. The fourth-order valence-electron chi connectivity index (χ4n) is 1.70. The number of hydrogen-bond donors (Lipinski definition) is 0. The number of ether oxygens (including phenoxy) is 1. The van der Waals surface area contributed by atoms with Crippen molar-refractivity contribution >= 4 is 5.78 Å². The molecule has 0 saturated heterocycles. The molecule has 0 aliphatic carbocycles. The Hall–Kier alpha value is -1.35. The van der Waals surface area contributed by atoms with Crippen LogP contribution in [0.4, 0.5) is 0 Å². The van der Waals surface area contributed by atoms with Gasteiger partial charge in [0.2, 0.25) is 0 Å². The minimum Gasteiger partial charge on any atom is -0.494 e. The summed E-state index contributed by atoms with van der Waals surface area (Å²) in [6.07, 6.45) is 1.06. The van der Waals surface area contributed by atoms with Crippen LogP contribution in [-0.4, -0.2) is 37.4 Å². The van der Waals surface area contributed by atoms with Gasteiger partial charge in [0.05, 0.1) is 13.2 Å². The van der Waals surface area contributed by atoms with E-state index in [9.17, 15) is 4.79 Å². The van der Waals surface area contributed by atoms with E-state index in [2.05, 4.69) is 6.92 Å². The largest absolute Gasteiger partial charge is 0.494 e. The van der Waals surface area contributed by atoms with Crippen LogP contribution in [0.2, 0.25) is 0 Å². The predicted octanol–water partition coefficient (Wildman–Crippen LogP) is 2.61. The Bertz CT molecular complexity index is 346. The van der Waals surface area contributed by atoms with Gasteiger partial charge in [0.25, 0.3) is 0 Å². The number of ketones is 1. The van der Waals surface area contributed by atoms with Crippen molar-refractivity contribution in [1.82, 2.24) is 4.90 Å². The lowest BCUT2D eigenvalue weighted by molar-refractivity contribution is 0.0946. The highest BCUT2D eigenvalue weighted by Crippen LogP contribution is 2.12. The Balaban J connectivity index is 2.57. The van der Waals surface area contributed by atoms with Gasteiger partial charge in [-0.2, -0.15) is 0 Å². The van der Waals surface area contributed by atoms with Crippen molar-refractivity contribution in [3.63, 3.8) is 0 Å². The van der Waals surface area contributed by atoms with Crippen LogP contribution in [0, 0.1) is 0 Å². The molecule has 1 aromatic carbocycles. The van der Waals surface area contributed by atoms with Crippen LogP contribution < -0.4 is 4.74 Å². The number of Topliss-reactive ketones (excluding diaryl/α,β-unsaturated/α-hetero) is 1. The maximum absolute atomic E-state index is 11.9. The van der Waals surface area contributed by atoms with Gasteiger partial charge in [-0.05, 0) is 51.2 Å². The lowest BCUT2D eigenvalue weighted by Crippen LogP contribution is -2.26. The molecule has 0 saturated carbocycles. The summed E-state index contributed by atoms with van der Waals surface area (Å²) in [6.45, 7) is 6.12. The molecule has 0 atom stereocenters. The number of hydrogen-bond acceptors (Lipinski definition) is 3. The molecule has 0 heterocycles. The number of carbonyl (C=O) groups is 1. The molecule has 0 aliphatic rings. The van der Waals surface area contributed by atoms with E-state index in [0.717, 1.165) is 24.3 Å². The summed E-state index contributed by atoms with van der Waals surface area (Å²) in [6, 6.07) is 7.34. The first kappa shape index (κ1) is 13.7. The van der Waals surface area contributed by atoms with Crippen molar-refractivity contribution in [2.24, 2.45) is 0 Å². The quantitative estimate of drug-likeness (QED) is 0.680. The summed E-state index contributed by atoms with van der Waals surface area (Å²) in [5, 5.41) is 0. The average Bonchev–Trinajstić information content (AvgIpc) is 2.30. The Morgan fingerprint density at radius 2 is 1.88 bits per heavy atom. The van der Waals surface area contributed by atoms with E-state index in [-0.39, 0.29) is 5.78 Å². The monoisotopic (exact) mass is 235 g/mol. The van der Waals surface area contributed by atoms with Crippen LogP contribution in [0.5, 0.6) is 5.75 Å². The Morgan fingerprint density at radius 1 is 1.24 bits per heavy atom. The van der Waals surface area contributed by atoms with E-state index in [0.29, 0.717) is 13.2 Å². The van der Waals surface area contributed by atoms with Gasteiger partial charge in [0.1, 0.15) is 5.75 Å². The molecule has 3 nitrogen and oxygen atoms in total. The first-order valence-electron chi connectivity index (χ1n) is 6.12. The highest BCUT2D eigenvalue weighted by molar-refractivity contribution is 5.97. The van der Waals surface area contributed by atoms with Crippen LogP contribution >= 0.6 is 0 Å². The second-order valence-electron chi connectivity index (χ2n) is 4.12. The Labute approximate surface area is 103 Å². The van der Waals surface area contributed by atoms with Crippen molar-refractivity contribution in [2.45, 2.75) is 20.3 Å². The molecule has 3 heteroatoms. The van der Waals surface area contributed by atoms with Crippen LogP contribution in [0.3, 0.4) is 0 Å². The number of nitrogens with zero attached hydrogens (tertiary/aromatic N) is 1. The zero-order chi connectivity index (χ0) is 12.7. The number of rotatable bonds is 7. The zero-order valence-electron chi connectivity index (χ0n) is 10.9. The molecule has 1 aromatic rings. The average molecular weight is 235 g/mol. The van der Waals surface area contributed by atoms with Gasteiger partial charge in [-0.1, -0.05) is 6.92 Å². The molecule has 0 bridgehead atoms. The molecular weight excluding hydrogens is 214 g/mol. The van der Waals surface area contributed by atoms with E-state index in [1.807, 2.05) is 43.1 Å². The van der Waals surface area contributed by atoms with Crippen molar-refractivity contribution in [1.29, 1.82) is 0 Å². The van der Waals surface area contributed by atoms with Gasteiger partial charge in [0, 0.05) is 5.56 Å². The number of carbonyl (C=O) groups excluding carboxylic acids is 1. The molecule has 0 aromatic heterocycles. The van der Waals surface area contributed by atoms with E-state index in [1.54, 1.807) is 0 Å². The third kappa shape index (κ3) is 4.57. The minimum absolute atomic E-state index is 0.156. The fraction of sp³-hybridized carbons (Fsp3) is 0.500. The summed E-state index contributed by atoms with van der Waals surface area (Å²) >= 11 is 0. The van der Waals surface area contributed by atoms with Crippen molar-refractivity contribution in [3.8, 4) is 5.75 Å². The van der Waals surface area contributed by atoms with Gasteiger partial charge < -0.3 is 4.74 Å². The third-order valence-electron chi connectivity index (χ3n) is 2.51. The SMILES string of the molecule is CCCN(C)CC(=O)c1ccc(OCC)cc1. The molecule has 0 aliphatic heterocycles. The normalized spacial score (nSPS) is 10.6. The molecule has 0 radical (unpaired) electrons. The standard InChI is InChI=1S/C14H21NO2/c1-4-10-15(3)11-14(16)12-6-8-13(9-7-12)17-5-2/h6-9H,4-5,10-11H2,1-3H3. The summed E-state index contributed by atoms with van der Waals surface area (Å²) in [5.41, 5.74) is 0.747. The van der Waals surface area contributed by atoms with Gasteiger partial charge in [-0.15, -0.1) is 0 Å². The summed E-state index contributed by atoms with van der Waals surface area (Å²) in [7, 11) is 1.97. The maximum atomic E-state index is 11.9. The van der Waals surface area contributed by atoms with Gasteiger partial charge in [-0.25, -0.2) is 0 Å². The predicted molar refractivity (Wildman–Crippen MR) is 69.7 cm³/mol. The van der Waals surface area contributed by atoms with Crippen LogP contribution in [0.15, 0.2) is 24.3 Å². The molecule has 0 N–H and O–H groups in total. The lowest BCUT2D eigenvalue weighted by atomic mass is 10.1. The highest BCUT2D eigenvalue weighted by Gasteiger charge is 2.08. The van der Waals surface area contributed by atoms with Crippen molar-refractivity contribution < 1.29 is 9.53 Å². The molecule has 0 amide bonds. The van der Waals surface area contributed by atoms with Crippen molar-refractivity contribution in [3.05, 3.63) is 29.8 Å². The van der Waals surface area contributed by atoms with Gasteiger partial charge in [0.15, 0.2) is 5.78 Å². The third-order valence-corrected chi connectivity index (χ3v) is 2.51. The first-order valence-corrected chi connectivity index (χ1v) is 6.12. The van der Waals surface area contributed by atoms with E-state index >= 15 is 0 Å². The minimum atomic E-state index is 0.156. The highest BCUT2D eigenvalue weighted by atomic mass is 16.5. The molecular formula is C14H21NO2. The zero-order valence-corrected chi connectivity index (χ0v) is 10.9. The Kier molecular flexibility index (Phi) is 5.70. The first-order chi connectivity index (χ1) is 8.17. The van der Waals surface area contributed by atoms with Crippen LogP contribution in [0.25, 0.3) is 0 Å². The fourth-order valence-corrected chi connectivity index (χ4v) is 1.70. The molecule has 0 unspecified atom stereocenters. The van der Waals surface area contributed by atoms with Crippen molar-refractivity contribution in [2.75, 3.05) is 26.7 Å². The van der Waals surface area contributed by atoms with Gasteiger partial charge in [-0.3, -0.25) is 9.69 Å². The summed E-state index contributed by atoms with van der Waals surface area (Å²) in [5.74, 6) is 0.968. The second kappa shape index (κ2) is 7.07. The smallest absolute Gasteiger partial charge is 0.176 e. The summed E-state index contributed by atoms with van der Waals surface area (Å²) in [4.78, 5) is 14.0. The van der Waals surface area contributed by atoms with Gasteiger partial charge >= 0.3 is 0 Å². The van der Waals surface area contributed by atoms with E-state index in [4.69, 9.17) is 4.74 Å². The summed E-state index contributed by atoms with van der Waals surface area (Å²) < 4.78 is 5.34. The lowest BCUT2D eigenvalue weighted by Gasteiger charge is -2.14. The van der Waals surface area contributed by atoms with E-state index in [1.165, 1.54) is 0 Å². The molecule has 0 fully saturated rings. The maximum Gasteiger partial charge on any atom is 0.176 e. The van der Waals surface area contributed by atoms with E-state index < -0.39 is 0 Å². The Morgan fingerprint density at radius 3 is 2.41 bits per heavy atom. The topological polar surface area (TPSA) is 29.5 Å². The number of likely N-dealkylation sites (N-methyl/N-ethyl adjacent to an activating group) is 1. The van der Waals surface area contributed by atoms with Crippen LogP contribution in [-0.2, 0) is 0 Å².